The molecule has 1 unspecified atom stereocenters. The fourth-order valence-corrected chi connectivity index (χ4v) is 1.11. The van der Waals surface area contributed by atoms with Crippen molar-refractivity contribution >= 4 is 10.1 Å². The van der Waals surface area contributed by atoms with E-state index in [1.807, 2.05) is 0 Å². The van der Waals surface area contributed by atoms with Crippen LogP contribution in [-0.2, 0) is 14.3 Å². The number of rotatable bonds is 3. The molecule has 11 heavy (non-hydrogen) atoms. The summed E-state index contributed by atoms with van der Waals surface area (Å²) in [6.45, 7) is 3.44. The van der Waals surface area contributed by atoms with Gasteiger partial charge in [0.25, 0.3) is 10.1 Å². The standard InChI is InChI=1S/C6H11NO3S/c1-5(2)6(4-7)10-11(3,8)9/h5-6H,1-3H3. The lowest BCUT2D eigenvalue weighted by atomic mass is 10.1. The van der Waals surface area contributed by atoms with Crippen molar-refractivity contribution < 1.29 is 12.6 Å². The first-order chi connectivity index (χ1) is 4.87. The molecule has 0 saturated heterocycles. The molecule has 0 aliphatic carbocycles. The molecule has 0 aromatic carbocycles. The molecule has 0 aromatic heterocycles. The van der Waals surface area contributed by atoms with E-state index in [1.54, 1.807) is 19.9 Å². The predicted octanol–water partition coefficient (Wildman–Crippen LogP) is 0.511. The van der Waals surface area contributed by atoms with Crippen molar-refractivity contribution in [2.75, 3.05) is 6.26 Å². The van der Waals surface area contributed by atoms with E-state index in [9.17, 15) is 8.42 Å². The first kappa shape index (κ1) is 10.4. The minimum absolute atomic E-state index is 0.116. The van der Waals surface area contributed by atoms with Gasteiger partial charge in [0.1, 0.15) is 0 Å². The highest BCUT2D eigenvalue weighted by molar-refractivity contribution is 7.86. The highest BCUT2D eigenvalue weighted by Crippen LogP contribution is 2.07. The second kappa shape index (κ2) is 3.69. The van der Waals surface area contributed by atoms with Gasteiger partial charge in [0.15, 0.2) is 6.10 Å². The molecule has 0 fully saturated rings. The number of nitriles is 1. The maximum absolute atomic E-state index is 10.5. The first-order valence-electron chi connectivity index (χ1n) is 3.14. The van der Waals surface area contributed by atoms with Gasteiger partial charge in [0.05, 0.1) is 12.3 Å². The van der Waals surface area contributed by atoms with E-state index < -0.39 is 16.2 Å². The quantitative estimate of drug-likeness (QED) is 0.589. The molecular formula is C6H11NO3S. The van der Waals surface area contributed by atoms with E-state index in [2.05, 4.69) is 4.18 Å². The highest BCUT2D eigenvalue weighted by atomic mass is 32.2. The minimum Gasteiger partial charge on any atom is -0.251 e. The molecule has 0 aliphatic heterocycles. The molecule has 0 saturated carbocycles. The van der Waals surface area contributed by atoms with Crippen molar-refractivity contribution in [2.24, 2.45) is 5.92 Å². The van der Waals surface area contributed by atoms with Gasteiger partial charge in [-0.15, -0.1) is 0 Å². The lowest BCUT2D eigenvalue weighted by molar-refractivity contribution is 0.213. The lowest BCUT2D eigenvalue weighted by Crippen LogP contribution is -2.21. The molecule has 64 valence electrons. The van der Waals surface area contributed by atoms with Crippen molar-refractivity contribution in [3.05, 3.63) is 0 Å². The van der Waals surface area contributed by atoms with Crippen LogP contribution >= 0.6 is 0 Å². The Labute approximate surface area is 66.9 Å². The predicted molar refractivity (Wildman–Crippen MR) is 40.2 cm³/mol. The summed E-state index contributed by atoms with van der Waals surface area (Å²) in [5.74, 6) is -0.116. The fourth-order valence-electron chi connectivity index (χ4n) is 0.470. The average Bonchev–Trinajstić information content (AvgIpc) is 1.80. The molecule has 0 heterocycles. The number of hydrogen-bond donors (Lipinski definition) is 0. The van der Waals surface area contributed by atoms with Gasteiger partial charge in [-0.1, -0.05) is 13.8 Å². The first-order valence-corrected chi connectivity index (χ1v) is 4.96. The zero-order valence-electron chi connectivity index (χ0n) is 6.73. The zero-order valence-corrected chi connectivity index (χ0v) is 7.55. The van der Waals surface area contributed by atoms with Gasteiger partial charge >= 0.3 is 0 Å². The van der Waals surface area contributed by atoms with Gasteiger partial charge in [-0.25, -0.2) is 0 Å². The van der Waals surface area contributed by atoms with E-state index in [-0.39, 0.29) is 5.92 Å². The van der Waals surface area contributed by atoms with Gasteiger partial charge in [-0.05, 0) is 5.92 Å². The van der Waals surface area contributed by atoms with Gasteiger partial charge in [0, 0.05) is 0 Å². The van der Waals surface area contributed by atoms with Crippen LogP contribution in [0.1, 0.15) is 13.8 Å². The molecule has 0 amide bonds. The summed E-state index contributed by atoms with van der Waals surface area (Å²) in [5, 5.41) is 8.42. The Morgan fingerprint density at radius 2 is 1.91 bits per heavy atom. The van der Waals surface area contributed by atoms with Gasteiger partial charge < -0.3 is 0 Å². The van der Waals surface area contributed by atoms with E-state index in [0.717, 1.165) is 6.26 Å². The molecular weight excluding hydrogens is 166 g/mol. The molecule has 0 N–H and O–H groups in total. The van der Waals surface area contributed by atoms with Crippen molar-refractivity contribution in [1.29, 1.82) is 5.26 Å². The maximum atomic E-state index is 10.5. The van der Waals surface area contributed by atoms with Crippen molar-refractivity contribution in [2.45, 2.75) is 20.0 Å². The molecule has 0 spiro atoms. The molecule has 5 heteroatoms. The van der Waals surface area contributed by atoms with Gasteiger partial charge in [-0.3, -0.25) is 4.18 Å². The van der Waals surface area contributed by atoms with Crippen LogP contribution in [0.2, 0.25) is 0 Å². The third kappa shape index (κ3) is 4.76. The number of hydrogen-bond acceptors (Lipinski definition) is 4. The topological polar surface area (TPSA) is 67.2 Å². The Morgan fingerprint density at radius 1 is 1.45 bits per heavy atom. The lowest BCUT2D eigenvalue weighted by Gasteiger charge is -2.10. The van der Waals surface area contributed by atoms with Crippen molar-refractivity contribution in [3.8, 4) is 6.07 Å². The second-order valence-corrected chi connectivity index (χ2v) is 4.19. The smallest absolute Gasteiger partial charge is 0.251 e. The van der Waals surface area contributed by atoms with E-state index in [1.165, 1.54) is 0 Å². The summed E-state index contributed by atoms with van der Waals surface area (Å²) >= 11 is 0. The average molecular weight is 177 g/mol. The summed E-state index contributed by atoms with van der Waals surface area (Å²) in [6.07, 6.45) is 0.0599. The Balaban J connectivity index is 4.26. The van der Waals surface area contributed by atoms with Crippen LogP contribution in [0.15, 0.2) is 0 Å². The summed E-state index contributed by atoms with van der Waals surface area (Å²) in [5.41, 5.74) is 0. The molecule has 1 atom stereocenters. The summed E-state index contributed by atoms with van der Waals surface area (Å²) < 4.78 is 25.5. The van der Waals surface area contributed by atoms with Crippen LogP contribution in [0.4, 0.5) is 0 Å². The largest absolute Gasteiger partial charge is 0.265 e. The minimum atomic E-state index is -3.50. The van der Waals surface area contributed by atoms with Crippen molar-refractivity contribution in [3.63, 3.8) is 0 Å². The summed E-state index contributed by atoms with van der Waals surface area (Å²) in [4.78, 5) is 0. The molecule has 4 nitrogen and oxygen atoms in total. The molecule has 0 radical (unpaired) electrons. The van der Waals surface area contributed by atoms with Crippen LogP contribution in [0.25, 0.3) is 0 Å². The van der Waals surface area contributed by atoms with Crippen LogP contribution in [0, 0.1) is 17.2 Å². The normalized spacial score (nSPS) is 14.5. The third-order valence-corrected chi connectivity index (χ3v) is 1.57. The van der Waals surface area contributed by atoms with Crippen LogP contribution in [-0.4, -0.2) is 20.8 Å². The van der Waals surface area contributed by atoms with E-state index in [4.69, 9.17) is 5.26 Å². The fraction of sp³-hybridized carbons (Fsp3) is 0.833. The van der Waals surface area contributed by atoms with E-state index >= 15 is 0 Å². The molecule has 0 bridgehead atoms. The maximum Gasteiger partial charge on any atom is 0.265 e. The third-order valence-electron chi connectivity index (χ3n) is 1.01. The zero-order chi connectivity index (χ0) is 9.07. The number of nitrogens with zero attached hydrogens (tertiary/aromatic N) is 1. The molecule has 0 aliphatic rings. The molecule has 0 aromatic rings. The van der Waals surface area contributed by atoms with Crippen LogP contribution < -0.4 is 0 Å². The van der Waals surface area contributed by atoms with Crippen LogP contribution in [0.5, 0.6) is 0 Å². The second-order valence-electron chi connectivity index (χ2n) is 2.59. The molecule has 0 rings (SSSR count). The van der Waals surface area contributed by atoms with Crippen LogP contribution in [0.3, 0.4) is 0 Å². The SMILES string of the molecule is CC(C)C(C#N)OS(C)(=O)=O. The Bertz CT molecular complexity index is 249. The monoisotopic (exact) mass is 177 g/mol. The Kier molecular flexibility index (Phi) is 3.49. The summed E-state index contributed by atoms with van der Waals surface area (Å²) in [7, 11) is -3.50. The Morgan fingerprint density at radius 3 is 2.00 bits per heavy atom. The summed E-state index contributed by atoms with van der Waals surface area (Å²) in [6, 6.07) is 1.76. The van der Waals surface area contributed by atoms with E-state index in [0.29, 0.717) is 0 Å². The Hall–Kier alpha value is -0.600. The van der Waals surface area contributed by atoms with Gasteiger partial charge in [-0.2, -0.15) is 13.7 Å². The van der Waals surface area contributed by atoms with Gasteiger partial charge in [0.2, 0.25) is 0 Å². The highest BCUT2D eigenvalue weighted by Gasteiger charge is 2.17. The van der Waals surface area contributed by atoms with Crippen molar-refractivity contribution in [1.82, 2.24) is 0 Å².